The van der Waals surface area contributed by atoms with Gasteiger partial charge >= 0.3 is 0 Å². The Morgan fingerprint density at radius 2 is 2.00 bits per heavy atom. The molecule has 35 heavy (non-hydrogen) atoms. The fourth-order valence-electron chi connectivity index (χ4n) is 4.59. The summed E-state index contributed by atoms with van der Waals surface area (Å²) >= 11 is 8.30. The van der Waals surface area contributed by atoms with Crippen molar-refractivity contribution >= 4 is 40.6 Å². The number of nitrogens with zero attached hydrogens (tertiary/aromatic N) is 6. The van der Waals surface area contributed by atoms with Crippen molar-refractivity contribution in [3.05, 3.63) is 98.7 Å². The first-order chi connectivity index (χ1) is 17.1. The Bertz CT molecular complexity index is 1500. The fraction of sp³-hybridized carbons (Fsp3) is 0.192. The van der Waals surface area contributed by atoms with Crippen molar-refractivity contribution in [2.24, 2.45) is 4.99 Å². The Kier molecular flexibility index (Phi) is 5.54. The molecule has 0 radical (unpaired) electrons. The molecule has 0 spiro atoms. The Morgan fingerprint density at radius 3 is 2.83 bits per heavy atom. The van der Waals surface area contributed by atoms with Gasteiger partial charge in [0.05, 0.1) is 18.0 Å². The van der Waals surface area contributed by atoms with E-state index in [0.29, 0.717) is 24.7 Å². The zero-order valence-electron chi connectivity index (χ0n) is 19.0. The molecular formula is C26H21ClN6OS. The van der Waals surface area contributed by atoms with Gasteiger partial charge in [-0.3, -0.25) is 19.3 Å². The normalized spacial score (nSPS) is 14.8. The molecule has 0 unspecified atom stereocenters. The van der Waals surface area contributed by atoms with Crippen LogP contribution in [0.15, 0.2) is 59.7 Å². The first kappa shape index (κ1) is 21.9. The van der Waals surface area contributed by atoms with Gasteiger partial charge in [0, 0.05) is 39.8 Å². The van der Waals surface area contributed by atoms with Crippen LogP contribution in [0.4, 0.5) is 0 Å². The van der Waals surface area contributed by atoms with Gasteiger partial charge < -0.3 is 4.90 Å². The van der Waals surface area contributed by atoms with E-state index in [1.807, 2.05) is 54.3 Å². The number of pyridine rings is 1. The maximum atomic E-state index is 13.0. The molecule has 2 aliphatic rings. The number of aryl methyl sites for hydroxylation is 1. The quantitative estimate of drug-likeness (QED) is 0.384. The van der Waals surface area contributed by atoms with Crippen molar-refractivity contribution in [2.45, 2.75) is 26.4 Å². The molecule has 5 heterocycles. The van der Waals surface area contributed by atoms with Crippen LogP contribution in [0.1, 0.15) is 38.9 Å². The highest BCUT2D eigenvalue weighted by atomic mass is 35.5. The van der Waals surface area contributed by atoms with E-state index in [9.17, 15) is 4.79 Å². The van der Waals surface area contributed by atoms with Gasteiger partial charge in [-0.2, -0.15) is 0 Å². The molecule has 1 aromatic carbocycles. The molecule has 0 atom stereocenters. The monoisotopic (exact) mass is 500 g/mol. The first-order valence-electron chi connectivity index (χ1n) is 11.3. The molecule has 2 aliphatic heterocycles. The van der Waals surface area contributed by atoms with Crippen molar-refractivity contribution < 1.29 is 4.79 Å². The van der Waals surface area contributed by atoms with Crippen LogP contribution < -0.4 is 0 Å². The molecule has 4 aromatic rings. The lowest BCUT2D eigenvalue weighted by molar-refractivity contribution is -0.126. The molecular weight excluding hydrogens is 480 g/mol. The van der Waals surface area contributed by atoms with Gasteiger partial charge in [0.25, 0.3) is 0 Å². The maximum absolute atomic E-state index is 13.0. The van der Waals surface area contributed by atoms with Crippen molar-refractivity contribution in [1.29, 1.82) is 0 Å². The third-order valence-corrected chi connectivity index (χ3v) is 7.81. The smallest absolute Gasteiger partial charge is 0.246 e. The standard InChI is InChI=1S/C26H21ClN6OS/c1-16-30-31-22-14-29-25(18-7-2-3-8-20(18)27)24-19-11-13-32(15-21(19)35-26(24)33(16)22)23(34)10-9-17-6-4-5-12-28-17/h2-10,12H,11,13-15H2,1H3/b10-9+. The number of fused-ring (bicyclic) bond motifs is 5. The van der Waals surface area contributed by atoms with Crippen molar-refractivity contribution in [1.82, 2.24) is 24.6 Å². The number of benzene rings is 1. The summed E-state index contributed by atoms with van der Waals surface area (Å²) in [7, 11) is 0. The molecule has 0 N–H and O–H groups in total. The van der Waals surface area contributed by atoms with Gasteiger partial charge in [-0.25, -0.2) is 0 Å². The number of rotatable bonds is 3. The summed E-state index contributed by atoms with van der Waals surface area (Å²) < 4.78 is 2.10. The Morgan fingerprint density at radius 1 is 1.14 bits per heavy atom. The average molecular weight is 501 g/mol. The Balaban J connectivity index is 1.40. The van der Waals surface area contributed by atoms with Gasteiger partial charge in [-0.05, 0) is 43.2 Å². The van der Waals surface area contributed by atoms with Crippen LogP contribution in [-0.4, -0.2) is 42.8 Å². The maximum Gasteiger partial charge on any atom is 0.246 e. The third kappa shape index (κ3) is 3.88. The minimum atomic E-state index is -0.0222. The van der Waals surface area contributed by atoms with Gasteiger partial charge in [0.1, 0.15) is 17.4 Å². The van der Waals surface area contributed by atoms with E-state index in [0.717, 1.165) is 50.5 Å². The number of thiophene rings is 1. The van der Waals surface area contributed by atoms with Crippen LogP contribution in [-0.2, 0) is 24.3 Å². The van der Waals surface area contributed by atoms with E-state index in [-0.39, 0.29) is 5.91 Å². The summed E-state index contributed by atoms with van der Waals surface area (Å²) in [5.74, 6) is 1.60. The number of halogens is 1. The van der Waals surface area contributed by atoms with E-state index in [1.54, 1.807) is 29.7 Å². The average Bonchev–Trinajstić information content (AvgIpc) is 3.39. The minimum absolute atomic E-state index is 0.0222. The van der Waals surface area contributed by atoms with Crippen LogP contribution in [0.2, 0.25) is 5.02 Å². The van der Waals surface area contributed by atoms with Crippen LogP contribution in [0.5, 0.6) is 0 Å². The van der Waals surface area contributed by atoms with Crippen molar-refractivity contribution in [3.8, 4) is 5.00 Å². The van der Waals surface area contributed by atoms with Gasteiger partial charge in [0.15, 0.2) is 5.82 Å². The molecule has 1 amide bonds. The molecule has 0 saturated carbocycles. The molecule has 174 valence electrons. The molecule has 0 bridgehead atoms. The number of amides is 1. The van der Waals surface area contributed by atoms with Crippen LogP contribution >= 0.6 is 22.9 Å². The molecule has 9 heteroatoms. The second kappa shape index (κ2) is 8.87. The van der Waals surface area contributed by atoms with Crippen LogP contribution in [0.25, 0.3) is 11.1 Å². The summed E-state index contributed by atoms with van der Waals surface area (Å²) in [4.78, 5) is 25.2. The molecule has 6 rings (SSSR count). The topological polar surface area (TPSA) is 76.3 Å². The predicted molar refractivity (Wildman–Crippen MR) is 137 cm³/mol. The zero-order chi connectivity index (χ0) is 23.9. The second-order valence-corrected chi connectivity index (χ2v) is 9.92. The Hall–Kier alpha value is -3.62. The summed E-state index contributed by atoms with van der Waals surface area (Å²) in [6, 6.07) is 13.4. The van der Waals surface area contributed by atoms with Gasteiger partial charge in [-0.1, -0.05) is 35.9 Å². The minimum Gasteiger partial charge on any atom is -0.334 e. The number of hydrogen-bond donors (Lipinski definition) is 0. The second-order valence-electron chi connectivity index (χ2n) is 8.43. The summed E-state index contributed by atoms with van der Waals surface area (Å²) in [6.45, 7) is 3.56. The molecule has 0 aliphatic carbocycles. The van der Waals surface area contributed by atoms with E-state index in [2.05, 4.69) is 19.7 Å². The highest BCUT2D eigenvalue weighted by Gasteiger charge is 2.32. The highest BCUT2D eigenvalue weighted by Crippen LogP contribution is 2.40. The molecule has 7 nitrogen and oxygen atoms in total. The van der Waals surface area contributed by atoms with Crippen molar-refractivity contribution in [2.75, 3.05) is 6.54 Å². The number of aromatic nitrogens is 4. The third-order valence-electron chi connectivity index (χ3n) is 6.27. The zero-order valence-corrected chi connectivity index (χ0v) is 20.6. The summed E-state index contributed by atoms with van der Waals surface area (Å²) in [6.07, 6.45) is 5.82. The lowest BCUT2D eigenvalue weighted by Gasteiger charge is -2.26. The summed E-state index contributed by atoms with van der Waals surface area (Å²) in [5, 5.41) is 10.4. The number of aliphatic imine (C=N–C) groups is 1. The number of hydrogen-bond acceptors (Lipinski definition) is 6. The lowest BCUT2D eigenvalue weighted by atomic mass is 9.95. The van der Waals surface area contributed by atoms with Crippen LogP contribution in [0.3, 0.4) is 0 Å². The molecule has 0 fully saturated rings. The van der Waals surface area contributed by atoms with Crippen LogP contribution in [0, 0.1) is 6.92 Å². The number of carbonyl (C=O) groups excluding carboxylic acids is 1. The van der Waals surface area contributed by atoms with E-state index in [4.69, 9.17) is 16.6 Å². The summed E-state index contributed by atoms with van der Waals surface area (Å²) in [5.41, 5.74) is 4.85. The van der Waals surface area contributed by atoms with Crippen molar-refractivity contribution in [3.63, 3.8) is 0 Å². The SMILES string of the molecule is Cc1nnc2n1-c1sc3c(c1C(c1ccccc1Cl)=NC2)CCN(C(=O)/C=C/c1ccccn1)C3. The van der Waals surface area contributed by atoms with E-state index < -0.39 is 0 Å². The predicted octanol–water partition coefficient (Wildman–Crippen LogP) is 4.63. The van der Waals surface area contributed by atoms with E-state index in [1.165, 1.54) is 5.56 Å². The largest absolute Gasteiger partial charge is 0.334 e. The Labute approximate surface area is 211 Å². The highest BCUT2D eigenvalue weighted by molar-refractivity contribution is 7.15. The lowest BCUT2D eigenvalue weighted by Crippen LogP contribution is -2.34. The van der Waals surface area contributed by atoms with E-state index >= 15 is 0 Å². The van der Waals surface area contributed by atoms with Gasteiger partial charge in [-0.15, -0.1) is 21.5 Å². The molecule has 0 saturated heterocycles. The number of carbonyl (C=O) groups is 1. The fourth-order valence-corrected chi connectivity index (χ4v) is 6.25. The van der Waals surface area contributed by atoms with Gasteiger partial charge in [0.2, 0.25) is 5.91 Å². The molecule has 3 aromatic heterocycles. The first-order valence-corrected chi connectivity index (χ1v) is 12.5.